The molecule has 178 valence electrons. The molecule has 0 saturated carbocycles. The van der Waals surface area contributed by atoms with Gasteiger partial charge in [0, 0.05) is 12.1 Å². The summed E-state index contributed by atoms with van der Waals surface area (Å²) >= 11 is 0. The summed E-state index contributed by atoms with van der Waals surface area (Å²) in [6, 6.07) is 14.9. The van der Waals surface area contributed by atoms with Crippen LogP contribution in [0.1, 0.15) is 32.0 Å². The average Bonchev–Trinajstić information content (AvgIpc) is 3.19. The Balaban J connectivity index is 1.78. The first-order valence-electron chi connectivity index (χ1n) is 10.5. The van der Waals surface area contributed by atoms with E-state index >= 15 is 0 Å². The number of alkyl halides is 3. The lowest BCUT2D eigenvalue weighted by molar-refractivity contribution is -0.181. The number of hydrogen-bond acceptors (Lipinski definition) is 5. The molecule has 6 nitrogen and oxygen atoms in total. The zero-order chi connectivity index (χ0) is 24.2. The zero-order valence-corrected chi connectivity index (χ0v) is 19.0. The molecule has 9 heteroatoms. The lowest BCUT2D eigenvalue weighted by Crippen LogP contribution is -2.38. The Hall–Kier alpha value is -2.88. The molecule has 2 aromatic carbocycles. The largest absolute Gasteiger partial charge is 0.497 e. The molecule has 1 unspecified atom stereocenters. The van der Waals surface area contributed by atoms with Gasteiger partial charge >= 0.3 is 6.18 Å². The molecule has 1 aromatic heterocycles. The Morgan fingerprint density at radius 3 is 2.21 bits per heavy atom. The van der Waals surface area contributed by atoms with Crippen LogP contribution in [0.4, 0.5) is 13.2 Å². The van der Waals surface area contributed by atoms with Crippen molar-refractivity contribution < 1.29 is 27.8 Å². The van der Waals surface area contributed by atoms with Crippen LogP contribution >= 0.6 is 0 Å². The predicted molar refractivity (Wildman–Crippen MR) is 119 cm³/mol. The monoisotopic (exact) mass is 463 g/mol. The highest BCUT2D eigenvalue weighted by molar-refractivity contribution is 5.63. The molecule has 0 spiro atoms. The quantitative estimate of drug-likeness (QED) is 0.470. The Kier molecular flexibility index (Phi) is 7.46. The molecule has 0 radical (unpaired) electrons. The Bertz CT molecular complexity index is 1040. The van der Waals surface area contributed by atoms with E-state index in [4.69, 9.17) is 9.47 Å². The van der Waals surface area contributed by atoms with Crippen molar-refractivity contribution in [1.82, 2.24) is 15.1 Å². The van der Waals surface area contributed by atoms with Crippen LogP contribution in [0.15, 0.2) is 54.6 Å². The van der Waals surface area contributed by atoms with Crippen molar-refractivity contribution in [2.45, 2.75) is 45.4 Å². The van der Waals surface area contributed by atoms with E-state index in [0.717, 1.165) is 11.6 Å². The van der Waals surface area contributed by atoms with Gasteiger partial charge in [-0.25, -0.2) is 4.68 Å². The number of aliphatic hydroxyl groups excluding tert-OH is 1. The van der Waals surface area contributed by atoms with Crippen LogP contribution in [0.2, 0.25) is 0 Å². The van der Waals surface area contributed by atoms with Crippen LogP contribution in [0, 0.1) is 0 Å². The highest BCUT2D eigenvalue weighted by Crippen LogP contribution is 2.33. The Labute approximate surface area is 191 Å². The van der Waals surface area contributed by atoms with Gasteiger partial charge in [0.05, 0.1) is 24.1 Å². The van der Waals surface area contributed by atoms with Crippen LogP contribution in [0.3, 0.4) is 0 Å². The minimum atomic E-state index is -4.56. The minimum Gasteiger partial charge on any atom is -0.497 e. The molecule has 1 atom stereocenters. The summed E-state index contributed by atoms with van der Waals surface area (Å²) in [6.07, 6.45) is -5.03. The molecule has 0 bridgehead atoms. The summed E-state index contributed by atoms with van der Waals surface area (Å²) in [5.74, 6) is 0.597. The molecule has 0 amide bonds. The summed E-state index contributed by atoms with van der Waals surface area (Å²) < 4.78 is 51.9. The highest BCUT2D eigenvalue weighted by atomic mass is 19.4. The molecule has 0 aliphatic carbocycles. The standard InChI is InChI=1S/C24H28F3N3O3/c1-23(2,3)33-22(31)28-14-13-16-5-7-17(8-6-16)20-15-21(24(25,26)27)29-30(20)18-9-11-19(32-4)12-10-18/h5-12,15,22,28,31H,13-14H2,1-4H3. The van der Waals surface area contributed by atoms with E-state index in [1.807, 2.05) is 32.9 Å². The molecule has 3 rings (SSSR count). The number of ether oxygens (including phenoxy) is 2. The highest BCUT2D eigenvalue weighted by Gasteiger charge is 2.35. The van der Waals surface area contributed by atoms with Gasteiger partial charge < -0.3 is 14.6 Å². The van der Waals surface area contributed by atoms with Crippen molar-refractivity contribution >= 4 is 0 Å². The Morgan fingerprint density at radius 1 is 1.03 bits per heavy atom. The summed E-state index contributed by atoms with van der Waals surface area (Å²) in [6.45, 7) is 6.00. The van der Waals surface area contributed by atoms with Crippen LogP contribution in [-0.2, 0) is 17.3 Å². The maximum absolute atomic E-state index is 13.4. The van der Waals surface area contributed by atoms with Crippen LogP contribution in [-0.4, -0.2) is 40.6 Å². The van der Waals surface area contributed by atoms with Gasteiger partial charge in [-0.1, -0.05) is 24.3 Å². The fraction of sp³-hybridized carbons (Fsp3) is 0.375. The zero-order valence-electron chi connectivity index (χ0n) is 19.0. The van der Waals surface area contributed by atoms with E-state index in [2.05, 4.69) is 10.4 Å². The third-order valence-corrected chi connectivity index (χ3v) is 4.76. The van der Waals surface area contributed by atoms with E-state index in [0.29, 0.717) is 35.7 Å². The van der Waals surface area contributed by atoms with Crippen molar-refractivity contribution in [3.05, 3.63) is 65.9 Å². The fourth-order valence-corrected chi connectivity index (χ4v) is 3.20. The first-order chi connectivity index (χ1) is 15.5. The van der Waals surface area contributed by atoms with Crippen LogP contribution in [0.5, 0.6) is 5.75 Å². The van der Waals surface area contributed by atoms with E-state index in [9.17, 15) is 18.3 Å². The lowest BCUT2D eigenvalue weighted by Gasteiger charge is -2.24. The second kappa shape index (κ2) is 9.94. The van der Waals surface area contributed by atoms with Crippen LogP contribution in [0.25, 0.3) is 16.9 Å². The number of aromatic nitrogens is 2. The molecule has 3 aromatic rings. The second-order valence-corrected chi connectivity index (χ2v) is 8.51. The SMILES string of the molecule is COc1ccc(-n2nc(C(F)(F)F)cc2-c2ccc(CCNC(O)OC(C)(C)C)cc2)cc1. The van der Waals surface area contributed by atoms with Crippen molar-refractivity contribution in [3.8, 4) is 22.7 Å². The van der Waals surface area contributed by atoms with Gasteiger partial charge in [0.1, 0.15) is 5.75 Å². The summed E-state index contributed by atoms with van der Waals surface area (Å²) in [5.41, 5.74) is 0.932. The smallest absolute Gasteiger partial charge is 0.435 e. The van der Waals surface area contributed by atoms with Crippen LogP contribution < -0.4 is 10.1 Å². The summed E-state index contributed by atoms with van der Waals surface area (Å²) in [5, 5.41) is 16.5. The van der Waals surface area contributed by atoms with Gasteiger partial charge in [-0.2, -0.15) is 18.3 Å². The van der Waals surface area contributed by atoms with Gasteiger partial charge in [-0.05, 0) is 63.1 Å². The third kappa shape index (κ3) is 6.80. The maximum atomic E-state index is 13.4. The van der Waals surface area contributed by atoms with E-state index in [1.54, 1.807) is 36.4 Å². The van der Waals surface area contributed by atoms with Crippen molar-refractivity contribution in [1.29, 1.82) is 0 Å². The fourth-order valence-electron chi connectivity index (χ4n) is 3.20. The molecular weight excluding hydrogens is 435 g/mol. The number of aliphatic hydroxyl groups is 1. The second-order valence-electron chi connectivity index (χ2n) is 8.51. The summed E-state index contributed by atoms with van der Waals surface area (Å²) in [7, 11) is 1.52. The number of rotatable bonds is 8. The molecule has 0 aliphatic rings. The number of halogens is 3. The first-order valence-corrected chi connectivity index (χ1v) is 10.5. The number of benzene rings is 2. The number of nitrogens with one attached hydrogen (secondary N) is 1. The molecule has 0 aliphatic heterocycles. The average molecular weight is 464 g/mol. The normalized spacial score (nSPS) is 13.2. The minimum absolute atomic E-state index is 0.325. The number of methoxy groups -OCH3 is 1. The number of nitrogens with zero attached hydrogens (tertiary/aromatic N) is 2. The predicted octanol–water partition coefficient (Wildman–Crippen LogP) is 4.79. The van der Waals surface area contributed by atoms with Gasteiger partial charge in [0.15, 0.2) is 5.69 Å². The molecule has 0 saturated heterocycles. The Morgan fingerprint density at radius 2 is 1.67 bits per heavy atom. The molecule has 1 heterocycles. The van der Waals surface area contributed by atoms with E-state index in [1.165, 1.54) is 11.8 Å². The first kappa shape index (κ1) is 24.8. The van der Waals surface area contributed by atoms with Gasteiger partial charge in [-0.3, -0.25) is 5.32 Å². The molecule has 33 heavy (non-hydrogen) atoms. The lowest BCUT2D eigenvalue weighted by atomic mass is 10.1. The molecule has 0 fully saturated rings. The van der Waals surface area contributed by atoms with Crippen molar-refractivity contribution in [3.63, 3.8) is 0 Å². The third-order valence-electron chi connectivity index (χ3n) is 4.76. The van der Waals surface area contributed by atoms with E-state index < -0.39 is 23.9 Å². The van der Waals surface area contributed by atoms with Gasteiger partial charge in [0.25, 0.3) is 0 Å². The number of hydrogen-bond donors (Lipinski definition) is 2. The van der Waals surface area contributed by atoms with E-state index in [-0.39, 0.29) is 0 Å². The topological polar surface area (TPSA) is 68.5 Å². The summed E-state index contributed by atoms with van der Waals surface area (Å²) in [4.78, 5) is 0. The van der Waals surface area contributed by atoms with Crippen molar-refractivity contribution in [2.75, 3.05) is 13.7 Å². The maximum Gasteiger partial charge on any atom is 0.435 e. The van der Waals surface area contributed by atoms with Crippen molar-refractivity contribution in [2.24, 2.45) is 0 Å². The molecule has 2 N–H and O–H groups in total. The van der Waals surface area contributed by atoms with Gasteiger partial charge in [0.2, 0.25) is 6.41 Å². The molecular formula is C24H28F3N3O3. The van der Waals surface area contributed by atoms with Gasteiger partial charge in [-0.15, -0.1) is 0 Å².